The van der Waals surface area contributed by atoms with Crippen molar-refractivity contribution in [2.24, 2.45) is 0 Å². The number of ether oxygens (including phenoxy) is 1. The van der Waals surface area contributed by atoms with E-state index in [9.17, 15) is 4.79 Å². The summed E-state index contributed by atoms with van der Waals surface area (Å²) in [7, 11) is 0. The molecule has 1 N–H and O–H groups in total. The quantitative estimate of drug-likeness (QED) is 0.926. The van der Waals surface area contributed by atoms with Crippen LogP contribution in [0.1, 0.15) is 21.5 Å². The van der Waals surface area contributed by atoms with Crippen molar-refractivity contribution in [1.29, 1.82) is 0 Å². The van der Waals surface area contributed by atoms with Crippen molar-refractivity contribution in [1.82, 2.24) is 4.98 Å². The Labute approximate surface area is 115 Å². The van der Waals surface area contributed by atoms with Gasteiger partial charge in [0.25, 0.3) is 0 Å². The molecule has 2 aromatic rings. The number of carboxylic acids is 1. The number of aryl methyl sites for hydroxylation is 2. The van der Waals surface area contributed by atoms with Crippen molar-refractivity contribution in [3.8, 4) is 11.5 Å². The molecule has 4 nitrogen and oxygen atoms in total. The maximum Gasteiger partial charge on any atom is 0.339 e. The molecule has 0 spiro atoms. The first-order valence-electron chi connectivity index (χ1n) is 5.61. The number of hydrogen-bond donors (Lipinski definition) is 1. The fourth-order valence-electron chi connectivity index (χ4n) is 1.81. The molecule has 1 aromatic carbocycles. The Morgan fingerprint density at radius 1 is 1.32 bits per heavy atom. The van der Waals surface area contributed by atoms with E-state index >= 15 is 0 Å². The molecule has 0 aliphatic carbocycles. The normalized spacial score (nSPS) is 10.3. The number of pyridine rings is 1. The van der Waals surface area contributed by atoms with Crippen LogP contribution in [0.4, 0.5) is 0 Å². The maximum atomic E-state index is 11.1. The molecule has 0 radical (unpaired) electrons. The molecule has 0 saturated heterocycles. The summed E-state index contributed by atoms with van der Waals surface area (Å²) in [6.07, 6.45) is 2.80. The van der Waals surface area contributed by atoms with E-state index in [0.717, 1.165) is 11.1 Å². The Morgan fingerprint density at radius 3 is 2.53 bits per heavy atom. The van der Waals surface area contributed by atoms with E-state index in [0.29, 0.717) is 10.8 Å². The fraction of sp³-hybridized carbons (Fsp3) is 0.143. The molecule has 0 bridgehead atoms. The minimum Gasteiger partial charge on any atom is -0.478 e. The summed E-state index contributed by atoms with van der Waals surface area (Å²) in [5.41, 5.74) is 1.75. The van der Waals surface area contributed by atoms with Crippen LogP contribution in [0.2, 0.25) is 5.02 Å². The number of rotatable bonds is 3. The van der Waals surface area contributed by atoms with Crippen LogP contribution in [0, 0.1) is 13.8 Å². The number of nitrogens with zero attached hydrogens (tertiary/aromatic N) is 1. The minimum atomic E-state index is -1.05. The molecule has 98 valence electrons. The Hall–Kier alpha value is -2.07. The van der Waals surface area contributed by atoms with E-state index in [4.69, 9.17) is 21.4 Å². The van der Waals surface area contributed by atoms with Crippen molar-refractivity contribution in [3.05, 3.63) is 52.3 Å². The lowest BCUT2D eigenvalue weighted by atomic mass is 10.1. The van der Waals surface area contributed by atoms with Crippen LogP contribution < -0.4 is 4.74 Å². The number of aromatic carboxylic acids is 1. The van der Waals surface area contributed by atoms with Crippen LogP contribution in [-0.4, -0.2) is 16.1 Å². The second-order valence-electron chi connectivity index (χ2n) is 4.15. The van der Waals surface area contributed by atoms with Gasteiger partial charge in [0.1, 0.15) is 11.3 Å². The van der Waals surface area contributed by atoms with E-state index < -0.39 is 5.97 Å². The average molecular weight is 278 g/mol. The number of carbonyl (C=O) groups is 1. The van der Waals surface area contributed by atoms with Gasteiger partial charge in [0.05, 0.1) is 6.20 Å². The van der Waals surface area contributed by atoms with E-state index in [1.165, 1.54) is 18.5 Å². The lowest BCUT2D eigenvalue weighted by Gasteiger charge is -2.13. The van der Waals surface area contributed by atoms with Crippen molar-refractivity contribution in [2.45, 2.75) is 13.8 Å². The molecule has 19 heavy (non-hydrogen) atoms. The summed E-state index contributed by atoms with van der Waals surface area (Å²) in [6, 6.07) is 4.93. The molecule has 0 unspecified atom stereocenters. The van der Waals surface area contributed by atoms with Gasteiger partial charge in [-0.05, 0) is 43.2 Å². The van der Waals surface area contributed by atoms with Gasteiger partial charge in [-0.3, -0.25) is 4.98 Å². The van der Waals surface area contributed by atoms with Crippen LogP contribution in [0.15, 0.2) is 30.6 Å². The smallest absolute Gasteiger partial charge is 0.339 e. The Kier molecular flexibility index (Phi) is 3.71. The summed E-state index contributed by atoms with van der Waals surface area (Å²) in [5, 5.41) is 9.72. The monoisotopic (exact) mass is 277 g/mol. The van der Waals surface area contributed by atoms with Gasteiger partial charge in [-0.25, -0.2) is 4.79 Å². The van der Waals surface area contributed by atoms with Crippen LogP contribution >= 0.6 is 11.6 Å². The standard InChI is InChI=1S/C14H12ClNO3/c1-8-5-10(15)6-9(2)13(8)19-12-7-16-4-3-11(12)14(17)18/h3-7H,1-2H3,(H,17,18). The first-order chi connectivity index (χ1) is 8.99. The number of aromatic nitrogens is 1. The zero-order valence-corrected chi connectivity index (χ0v) is 11.2. The van der Waals surface area contributed by atoms with Crippen molar-refractivity contribution in [2.75, 3.05) is 0 Å². The van der Waals surface area contributed by atoms with E-state index in [1.807, 2.05) is 13.8 Å². The molecule has 1 aromatic heterocycles. The summed E-state index contributed by atoms with van der Waals surface area (Å²) in [5.74, 6) is -0.245. The van der Waals surface area contributed by atoms with E-state index in [-0.39, 0.29) is 11.3 Å². The second kappa shape index (κ2) is 5.28. The molecule has 0 saturated carbocycles. The maximum absolute atomic E-state index is 11.1. The number of carboxylic acid groups (broad SMARTS) is 1. The van der Waals surface area contributed by atoms with E-state index in [1.54, 1.807) is 12.1 Å². The Balaban J connectivity index is 2.45. The molecule has 0 aliphatic rings. The summed E-state index contributed by atoms with van der Waals surface area (Å²) in [4.78, 5) is 15.0. The first kappa shape index (κ1) is 13.4. The van der Waals surface area contributed by atoms with Gasteiger partial charge in [0.15, 0.2) is 5.75 Å². The lowest BCUT2D eigenvalue weighted by molar-refractivity contribution is 0.0694. The van der Waals surface area contributed by atoms with Crippen molar-refractivity contribution in [3.63, 3.8) is 0 Å². The van der Waals surface area contributed by atoms with Crippen LogP contribution in [0.5, 0.6) is 11.5 Å². The van der Waals surface area contributed by atoms with Gasteiger partial charge in [-0.1, -0.05) is 11.6 Å². The molecule has 0 amide bonds. The van der Waals surface area contributed by atoms with Gasteiger partial charge in [-0.15, -0.1) is 0 Å². The lowest BCUT2D eigenvalue weighted by Crippen LogP contribution is -2.01. The predicted molar refractivity (Wildman–Crippen MR) is 72.2 cm³/mol. The van der Waals surface area contributed by atoms with Gasteiger partial charge in [0, 0.05) is 11.2 Å². The number of halogens is 1. The molecular formula is C14H12ClNO3. The second-order valence-corrected chi connectivity index (χ2v) is 4.58. The van der Waals surface area contributed by atoms with Crippen LogP contribution in [0.25, 0.3) is 0 Å². The number of hydrogen-bond acceptors (Lipinski definition) is 3. The molecule has 0 fully saturated rings. The predicted octanol–water partition coefficient (Wildman–Crippen LogP) is 3.84. The van der Waals surface area contributed by atoms with Crippen LogP contribution in [-0.2, 0) is 0 Å². The zero-order chi connectivity index (χ0) is 14.0. The first-order valence-corrected chi connectivity index (χ1v) is 5.98. The SMILES string of the molecule is Cc1cc(Cl)cc(C)c1Oc1cnccc1C(=O)O. The molecule has 5 heteroatoms. The summed E-state index contributed by atoms with van der Waals surface area (Å²) in [6.45, 7) is 3.70. The molecule has 1 heterocycles. The van der Waals surface area contributed by atoms with Gasteiger partial charge in [-0.2, -0.15) is 0 Å². The molecule has 0 aliphatic heterocycles. The largest absolute Gasteiger partial charge is 0.478 e. The van der Waals surface area contributed by atoms with E-state index in [2.05, 4.69) is 4.98 Å². The number of benzene rings is 1. The highest BCUT2D eigenvalue weighted by Gasteiger charge is 2.14. The molecular weight excluding hydrogens is 266 g/mol. The van der Waals surface area contributed by atoms with Gasteiger partial charge in [0.2, 0.25) is 0 Å². The summed E-state index contributed by atoms with van der Waals surface area (Å²) < 4.78 is 5.69. The third-order valence-corrected chi connectivity index (χ3v) is 2.87. The Morgan fingerprint density at radius 2 is 1.95 bits per heavy atom. The average Bonchev–Trinajstić information content (AvgIpc) is 2.34. The van der Waals surface area contributed by atoms with Gasteiger partial charge < -0.3 is 9.84 Å². The highest BCUT2D eigenvalue weighted by Crippen LogP contribution is 2.32. The molecule has 2 rings (SSSR count). The molecule has 0 atom stereocenters. The van der Waals surface area contributed by atoms with Gasteiger partial charge >= 0.3 is 5.97 Å². The summed E-state index contributed by atoms with van der Waals surface area (Å²) >= 11 is 5.94. The zero-order valence-electron chi connectivity index (χ0n) is 10.5. The van der Waals surface area contributed by atoms with Crippen LogP contribution in [0.3, 0.4) is 0 Å². The van der Waals surface area contributed by atoms with Crippen molar-refractivity contribution >= 4 is 17.6 Å². The van der Waals surface area contributed by atoms with Crippen molar-refractivity contribution < 1.29 is 14.6 Å². The minimum absolute atomic E-state index is 0.0729. The fourth-order valence-corrected chi connectivity index (χ4v) is 2.13. The third-order valence-electron chi connectivity index (χ3n) is 2.65. The highest BCUT2D eigenvalue weighted by atomic mass is 35.5. The Bertz CT molecular complexity index is 617. The highest BCUT2D eigenvalue weighted by molar-refractivity contribution is 6.30. The topological polar surface area (TPSA) is 59.4 Å². The third kappa shape index (κ3) is 2.85.